The molecule has 0 saturated carbocycles. The van der Waals surface area contributed by atoms with Gasteiger partial charge in [-0.2, -0.15) is 0 Å². The molecule has 0 aliphatic heterocycles. The molecule has 148 valence electrons. The average molecular weight is 382 g/mol. The molecule has 3 rings (SSSR count). The molecule has 0 aliphatic carbocycles. The number of ether oxygens (including phenoxy) is 1. The number of aromatic nitrogens is 3. The highest BCUT2D eigenvalue weighted by Crippen LogP contribution is 2.09. The van der Waals surface area contributed by atoms with Gasteiger partial charge in [-0.15, -0.1) is 10.2 Å². The van der Waals surface area contributed by atoms with Crippen LogP contribution in [0.2, 0.25) is 0 Å². The van der Waals surface area contributed by atoms with E-state index in [0.717, 1.165) is 42.7 Å². The van der Waals surface area contributed by atoms with Crippen LogP contribution in [0, 0.1) is 0 Å². The van der Waals surface area contributed by atoms with Crippen molar-refractivity contribution in [1.29, 1.82) is 0 Å². The van der Waals surface area contributed by atoms with E-state index in [0.29, 0.717) is 19.8 Å². The zero-order valence-corrected chi connectivity index (χ0v) is 16.0. The highest BCUT2D eigenvalue weighted by Gasteiger charge is 2.06. The Morgan fingerprint density at radius 2 is 2.07 bits per heavy atom. The lowest BCUT2D eigenvalue weighted by atomic mass is 10.3. The molecule has 1 aromatic carbocycles. The summed E-state index contributed by atoms with van der Waals surface area (Å²) in [7, 11) is 0. The van der Waals surface area contributed by atoms with Crippen LogP contribution >= 0.6 is 0 Å². The van der Waals surface area contributed by atoms with Gasteiger partial charge in [0.05, 0.1) is 6.26 Å². The predicted molar refractivity (Wildman–Crippen MR) is 107 cm³/mol. The number of guanidine groups is 1. The van der Waals surface area contributed by atoms with Crippen molar-refractivity contribution in [2.24, 2.45) is 4.99 Å². The van der Waals surface area contributed by atoms with E-state index in [2.05, 4.69) is 25.8 Å². The number of rotatable bonds is 10. The van der Waals surface area contributed by atoms with Gasteiger partial charge in [-0.25, -0.2) is 4.99 Å². The van der Waals surface area contributed by atoms with Gasteiger partial charge in [0.25, 0.3) is 0 Å². The molecule has 8 nitrogen and oxygen atoms in total. The molecule has 0 radical (unpaired) electrons. The number of furan rings is 1. The molecule has 0 bridgehead atoms. The Labute approximate surface area is 164 Å². The van der Waals surface area contributed by atoms with Crippen LogP contribution in [0.15, 0.2) is 64.5 Å². The van der Waals surface area contributed by atoms with E-state index in [-0.39, 0.29) is 0 Å². The van der Waals surface area contributed by atoms with Gasteiger partial charge in [-0.05, 0) is 37.6 Å². The topological polar surface area (TPSA) is 89.5 Å². The van der Waals surface area contributed by atoms with Crippen molar-refractivity contribution in [3.8, 4) is 5.69 Å². The molecular weight excluding hydrogens is 356 g/mol. The second kappa shape index (κ2) is 10.9. The second-order valence-corrected chi connectivity index (χ2v) is 6.06. The van der Waals surface area contributed by atoms with Gasteiger partial charge in [0, 0.05) is 25.4 Å². The van der Waals surface area contributed by atoms with Crippen molar-refractivity contribution in [2.75, 3.05) is 19.7 Å². The second-order valence-electron chi connectivity index (χ2n) is 6.06. The SMILES string of the molecule is CCNC(=NCc1nncn1-c1ccccc1)NCCCOCc1ccco1. The van der Waals surface area contributed by atoms with Gasteiger partial charge in [-0.1, -0.05) is 18.2 Å². The molecular formula is C20H26N6O2. The van der Waals surface area contributed by atoms with Crippen LogP contribution < -0.4 is 10.6 Å². The summed E-state index contributed by atoms with van der Waals surface area (Å²) in [6.07, 6.45) is 4.22. The predicted octanol–water partition coefficient (Wildman–Crippen LogP) is 2.52. The third kappa shape index (κ3) is 5.95. The Kier molecular flexibility index (Phi) is 7.63. The summed E-state index contributed by atoms with van der Waals surface area (Å²) >= 11 is 0. The molecule has 0 amide bonds. The molecule has 2 heterocycles. The number of nitrogens with one attached hydrogen (secondary N) is 2. The third-order valence-electron chi connectivity index (χ3n) is 3.96. The summed E-state index contributed by atoms with van der Waals surface area (Å²) in [5.41, 5.74) is 1.02. The minimum Gasteiger partial charge on any atom is -0.467 e. The Balaban J connectivity index is 1.46. The van der Waals surface area contributed by atoms with E-state index >= 15 is 0 Å². The quantitative estimate of drug-likeness (QED) is 0.318. The van der Waals surface area contributed by atoms with Gasteiger partial charge in [-0.3, -0.25) is 4.57 Å². The summed E-state index contributed by atoms with van der Waals surface area (Å²) in [4.78, 5) is 4.62. The van der Waals surface area contributed by atoms with Crippen molar-refractivity contribution in [1.82, 2.24) is 25.4 Å². The van der Waals surface area contributed by atoms with Crippen LogP contribution in [-0.2, 0) is 17.9 Å². The van der Waals surface area contributed by atoms with Crippen molar-refractivity contribution in [2.45, 2.75) is 26.5 Å². The molecule has 0 unspecified atom stereocenters. The standard InChI is InChI=1S/C20H26N6O2/c1-2-21-20(22-11-7-12-27-15-18-10-6-13-28-18)23-14-19-25-24-16-26(19)17-8-4-3-5-9-17/h3-6,8-10,13,16H,2,7,11-12,14-15H2,1H3,(H2,21,22,23). The van der Waals surface area contributed by atoms with Crippen molar-refractivity contribution < 1.29 is 9.15 Å². The van der Waals surface area contributed by atoms with Crippen LogP contribution in [0.5, 0.6) is 0 Å². The lowest BCUT2D eigenvalue weighted by Gasteiger charge is -2.11. The number of aliphatic imine (C=N–C) groups is 1. The fourth-order valence-corrected chi connectivity index (χ4v) is 2.61. The Morgan fingerprint density at radius 1 is 1.18 bits per heavy atom. The maximum absolute atomic E-state index is 5.59. The smallest absolute Gasteiger partial charge is 0.191 e. The monoisotopic (exact) mass is 382 g/mol. The summed E-state index contributed by atoms with van der Waals surface area (Å²) in [6, 6.07) is 13.8. The zero-order valence-electron chi connectivity index (χ0n) is 16.0. The maximum Gasteiger partial charge on any atom is 0.191 e. The molecule has 8 heteroatoms. The first-order chi connectivity index (χ1) is 13.9. The fourth-order valence-electron chi connectivity index (χ4n) is 2.61. The van der Waals surface area contributed by atoms with Crippen LogP contribution in [0.3, 0.4) is 0 Å². The molecule has 2 aromatic heterocycles. The molecule has 0 fully saturated rings. The molecule has 0 atom stereocenters. The fraction of sp³-hybridized carbons (Fsp3) is 0.350. The summed E-state index contributed by atoms with van der Waals surface area (Å²) in [5.74, 6) is 2.37. The van der Waals surface area contributed by atoms with Crippen molar-refractivity contribution >= 4 is 5.96 Å². The highest BCUT2D eigenvalue weighted by molar-refractivity contribution is 5.79. The number of hydrogen-bond donors (Lipinski definition) is 2. The first-order valence-corrected chi connectivity index (χ1v) is 9.43. The Morgan fingerprint density at radius 3 is 2.86 bits per heavy atom. The number of benzene rings is 1. The maximum atomic E-state index is 5.59. The van der Waals surface area contributed by atoms with Crippen LogP contribution in [-0.4, -0.2) is 40.4 Å². The van der Waals surface area contributed by atoms with Crippen LogP contribution in [0.25, 0.3) is 5.69 Å². The van der Waals surface area contributed by atoms with Gasteiger partial charge >= 0.3 is 0 Å². The van der Waals surface area contributed by atoms with E-state index in [4.69, 9.17) is 9.15 Å². The summed E-state index contributed by atoms with van der Waals surface area (Å²) in [5, 5.41) is 14.8. The Bertz CT molecular complexity index is 830. The third-order valence-corrected chi connectivity index (χ3v) is 3.96. The largest absolute Gasteiger partial charge is 0.467 e. The minimum absolute atomic E-state index is 0.430. The molecule has 0 saturated heterocycles. The number of para-hydroxylation sites is 1. The number of nitrogens with zero attached hydrogens (tertiary/aromatic N) is 4. The molecule has 3 aromatic rings. The normalized spacial score (nSPS) is 11.5. The van der Waals surface area contributed by atoms with E-state index in [1.54, 1.807) is 12.6 Å². The van der Waals surface area contributed by atoms with Crippen LogP contribution in [0.1, 0.15) is 24.9 Å². The van der Waals surface area contributed by atoms with Crippen LogP contribution in [0.4, 0.5) is 0 Å². The van der Waals surface area contributed by atoms with Gasteiger partial charge < -0.3 is 19.8 Å². The first-order valence-electron chi connectivity index (χ1n) is 9.43. The lowest BCUT2D eigenvalue weighted by molar-refractivity contribution is 0.105. The van der Waals surface area contributed by atoms with Gasteiger partial charge in [0.2, 0.25) is 0 Å². The molecule has 28 heavy (non-hydrogen) atoms. The lowest BCUT2D eigenvalue weighted by Crippen LogP contribution is -2.38. The summed E-state index contributed by atoms with van der Waals surface area (Å²) in [6.45, 7) is 5.16. The number of hydrogen-bond acceptors (Lipinski definition) is 5. The summed E-state index contributed by atoms with van der Waals surface area (Å²) < 4.78 is 12.8. The average Bonchev–Trinajstić information content (AvgIpc) is 3.41. The Hall–Kier alpha value is -3.13. The zero-order chi connectivity index (χ0) is 19.4. The first kappa shape index (κ1) is 19.6. The van der Waals surface area contributed by atoms with E-state index in [1.807, 2.05) is 54.0 Å². The molecule has 0 spiro atoms. The van der Waals surface area contributed by atoms with E-state index in [1.165, 1.54) is 0 Å². The van der Waals surface area contributed by atoms with Crippen molar-refractivity contribution in [3.63, 3.8) is 0 Å². The highest BCUT2D eigenvalue weighted by atomic mass is 16.5. The minimum atomic E-state index is 0.430. The van der Waals surface area contributed by atoms with Crippen molar-refractivity contribution in [3.05, 3.63) is 66.6 Å². The molecule has 2 N–H and O–H groups in total. The molecule has 0 aliphatic rings. The van der Waals surface area contributed by atoms with E-state index in [9.17, 15) is 0 Å². The van der Waals surface area contributed by atoms with E-state index < -0.39 is 0 Å². The van der Waals surface area contributed by atoms with Gasteiger partial charge in [0.1, 0.15) is 25.2 Å². The van der Waals surface area contributed by atoms with Gasteiger partial charge in [0.15, 0.2) is 11.8 Å².